The van der Waals surface area contributed by atoms with Gasteiger partial charge in [-0.15, -0.1) is 6.58 Å². The van der Waals surface area contributed by atoms with E-state index >= 15 is 0 Å². The molecule has 0 aromatic rings. The molecule has 0 spiro atoms. The molecule has 13 heavy (non-hydrogen) atoms. The largest absolute Gasteiger partial charge is 0.457 e. The summed E-state index contributed by atoms with van der Waals surface area (Å²) in [6.07, 6.45) is 6.81. The van der Waals surface area contributed by atoms with Crippen LogP contribution in [0.3, 0.4) is 0 Å². The monoisotopic (exact) mass is 182 g/mol. The van der Waals surface area contributed by atoms with Crippen LogP contribution in [0.5, 0.6) is 0 Å². The summed E-state index contributed by atoms with van der Waals surface area (Å²) in [5.74, 6) is -0.281. The number of carbonyl (C=O) groups is 1. The summed E-state index contributed by atoms with van der Waals surface area (Å²) in [6, 6.07) is 0. The Hall–Kier alpha value is -1.05. The van der Waals surface area contributed by atoms with Crippen LogP contribution in [0.1, 0.15) is 33.6 Å². The molecule has 0 bridgehead atoms. The fourth-order valence-electron chi connectivity index (χ4n) is 0.729. The zero-order valence-corrected chi connectivity index (χ0v) is 8.67. The molecular formula is C11H18O2. The van der Waals surface area contributed by atoms with Gasteiger partial charge in [0, 0.05) is 6.08 Å². The molecule has 0 heterocycles. The predicted molar refractivity (Wildman–Crippen MR) is 54.4 cm³/mol. The Morgan fingerprint density at radius 2 is 2.00 bits per heavy atom. The van der Waals surface area contributed by atoms with Gasteiger partial charge in [-0.1, -0.05) is 12.2 Å². The van der Waals surface area contributed by atoms with Crippen molar-refractivity contribution in [1.29, 1.82) is 0 Å². The van der Waals surface area contributed by atoms with Crippen LogP contribution in [0.2, 0.25) is 0 Å². The summed E-state index contributed by atoms with van der Waals surface area (Å²) < 4.78 is 5.07. The number of unbranched alkanes of at least 4 members (excludes halogenated alkanes) is 1. The van der Waals surface area contributed by atoms with Gasteiger partial charge in [0.05, 0.1) is 0 Å². The van der Waals surface area contributed by atoms with Gasteiger partial charge in [0.15, 0.2) is 0 Å². The normalized spacial score (nSPS) is 11.6. The van der Waals surface area contributed by atoms with Gasteiger partial charge in [0.1, 0.15) is 5.60 Å². The van der Waals surface area contributed by atoms with Crippen molar-refractivity contribution in [3.05, 3.63) is 24.8 Å². The van der Waals surface area contributed by atoms with Crippen LogP contribution in [-0.4, -0.2) is 11.6 Å². The van der Waals surface area contributed by atoms with E-state index in [2.05, 4.69) is 6.58 Å². The molecule has 74 valence electrons. The molecule has 0 saturated carbocycles. The number of allylic oxidation sites excluding steroid dienone is 2. The van der Waals surface area contributed by atoms with Crippen molar-refractivity contribution >= 4 is 5.97 Å². The highest BCUT2D eigenvalue weighted by Gasteiger charge is 2.13. The van der Waals surface area contributed by atoms with Gasteiger partial charge in [0.25, 0.3) is 0 Å². The lowest BCUT2D eigenvalue weighted by Crippen LogP contribution is -2.22. The van der Waals surface area contributed by atoms with Crippen molar-refractivity contribution in [3.63, 3.8) is 0 Å². The Morgan fingerprint density at radius 3 is 2.46 bits per heavy atom. The van der Waals surface area contributed by atoms with E-state index in [9.17, 15) is 4.79 Å². The SMILES string of the molecule is C=CCC/C=C/C(=O)OC(C)(C)C. The summed E-state index contributed by atoms with van der Waals surface area (Å²) in [6.45, 7) is 9.14. The summed E-state index contributed by atoms with van der Waals surface area (Å²) in [4.78, 5) is 11.1. The predicted octanol–water partition coefficient (Wildman–Crippen LogP) is 2.85. The number of hydrogen-bond acceptors (Lipinski definition) is 2. The van der Waals surface area contributed by atoms with E-state index in [0.29, 0.717) is 0 Å². The second-order valence-corrected chi connectivity index (χ2v) is 3.80. The Kier molecular flexibility index (Phi) is 5.12. The van der Waals surface area contributed by atoms with Gasteiger partial charge >= 0.3 is 5.97 Å². The average Bonchev–Trinajstić information content (AvgIpc) is 1.94. The first-order chi connectivity index (χ1) is 5.95. The minimum Gasteiger partial charge on any atom is -0.457 e. The third-order valence-electron chi connectivity index (χ3n) is 1.20. The van der Waals surface area contributed by atoms with Crippen molar-refractivity contribution in [2.75, 3.05) is 0 Å². The lowest BCUT2D eigenvalue weighted by atomic mass is 10.2. The lowest BCUT2D eigenvalue weighted by molar-refractivity contribution is -0.148. The van der Waals surface area contributed by atoms with Gasteiger partial charge in [-0.2, -0.15) is 0 Å². The van der Waals surface area contributed by atoms with Crippen molar-refractivity contribution in [2.24, 2.45) is 0 Å². The molecule has 0 N–H and O–H groups in total. The molecule has 0 aromatic heterocycles. The highest BCUT2D eigenvalue weighted by Crippen LogP contribution is 2.07. The Balaban J connectivity index is 3.74. The summed E-state index contributed by atoms with van der Waals surface area (Å²) in [5, 5.41) is 0. The molecule has 2 nitrogen and oxygen atoms in total. The molecule has 2 heteroatoms. The van der Waals surface area contributed by atoms with E-state index < -0.39 is 5.60 Å². The minimum atomic E-state index is -0.403. The third-order valence-corrected chi connectivity index (χ3v) is 1.20. The van der Waals surface area contributed by atoms with Crippen LogP contribution in [0.15, 0.2) is 24.8 Å². The standard InChI is InChI=1S/C11H18O2/c1-5-6-7-8-9-10(12)13-11(2,3)4/h5,8-9H,1,6-7H2,2-4H3/b9-8+. The highest BCUT2D eigenvalue weighted by molar-refractivity contribution is 5.82. The summed E-state index contributed by atoms with van der Waals surface area (Å²) in [5.41, 5.74) is -0.403. The molecule has 0 fully saturated rings. The van der Waals surface area contributed by atoms with Crippen molar-refractivity contribution in [2.45, 2.75) is 39.2 Å². The molecule has 0 rings (SSSR count). The molecule has 0 atom stereocenters. The van der Waals surface area contributed by atoms with E-state index in [4.69, 9.17) is 4.74 Å². The van der Waals surface area contributed by atoms with Gasteiger partial charge in [-0.05, 0) is 33.6 Å². The van der Waals surface area contributed by atoms with Crippen molar-refractivity contribution < 1.29 is 9.53 Å². The smallest absolute Gasteiger partial charge is 0.330 e. The number of carbonyl (C=O) groups excluding carboxylic acids is 1. The van der Waals surface area contributed by atoms with E-state index in [0.717, 1.165) is 12.8 Å². The van der Waals surface area contributed by atoms with Gasteiger partial charge in [-0.25, -0.2) is 4.79 Å². The van der Waals surface area contributed by atoms with Crippen molar-refractivity contribution in [3.8, 4) is 0 Å². The molecule has 0 unspecified atom stereocenters. The Morgan fingerprint density at radius 1 is 1.38 bits per heavy atom. The zero-order valence-electron chi connectivity index (χ0n) is 8.67. The summed E-state index contributed by atoms with van der Waals surface area (Å²) in [7, 11) is 0. The molecular weight excluding hydrogens is 164 g/mol. The maximum Gasteiger partial charge on any atom is 0.330 e. The molecule has 0 aromatic carbocycles. The molecule has 0 aliphatic rings. The number of hydrogen-bond donors (Lipinski definition) is 0. The second-order valence-electron chi connectivity index (χ2n) is 3.80. The number of rotatable bonds is 4. The van der Waals surface area contributed by atoms with Crippen LogP contribution in [0.4, 0.5) is 0 Å². The molecule has 0 radical (unpaired) electrons. The first kappa shape index (κ1) is 11.9. The average molecular weight is 182 g/mol. The maximum atomic E-state index is 11.1. The van der Waals surface area contributed by atoms with Gasteiger partial charge < -0.3 is 4.74 Å². The summed E-state index contributed by atoms with van der Waals surface area (Å²) >= 11 is 0. The topological polar surface area (TPSA) is 26.3 Å². The van der Waals surface area contributed by atoms with E-state index in [1.807, 2.05) is 26.8 Å². The third kappa shape index (κ3) is 8.86. The van der Waals surface area contributed by atoms with E-state index in [-0.39, 0.29) is 5.97 Å². The first-order valence-corrected chi connectivity index (χ1v) is 4.46. The van der Waals surface area contributed by atoms with Crippen LogP contribution in [0, 0.1) is 0 Å². The maximum absolute atomic E-state index is 11.1. The lowest BCUT2D eigenvalue weighted by Gasteiger charge is -2.17. The van der Waals surface area contributed by atoms with Crippen LogP contribution < -0.4 is 0 Å². The molecule has 0 amide bonds. The van der Waals surface area contributed by atoms with Gasteiger partial charge in [-0.3, -0.25) is 0 Å². The van der Waals surface area contributed by atoms with E-state index in [1.165, 1.54) is 6.08 Å². The molecule has 0 aliphatic heterocycles. The van der Waals surface area contributed by atoms with Crippen molar-refractivity contribution in [1.82, 2.24) is 0 Å². The second kappa shape index (κ2) is 5.57. The fourth-order valence-corrected chi connectivity index (χ4v) is 0.729. The Labute approximate surface area is 80.3 Å². The first-order valence-electron chi connectivity index (χ1n) is 4.46. The van der Waals surface area contributed by atoms with Crippen LogP contribution in [-0.2, 0) is 9.53 Å². The van der Waals surface area contributed by atoms with Crippen LogP contribution in [0.25, 0.3) is 0 Å². The molecule has 0 aliphatic carbocycles. The number of esters is 1. The fraction of sp³-hybridized carbons (Fsp3) is 0.545. The Bertz CT molecular complexity index is 197. The number of ether oxygens (including phenoxy) is 1. The van der Waals surface area contributed by atoms with Crippen LogP contribution >= 0.6 is 0 Å². The zero-order chi connectivity index (χ0) is 10.3. The molecule has 0 saturated heterocycles. The van der Waals surface area contributed by atoms with E-state index in [1.54, 1.807) is 6.08 Å². The highest BCUT2D eigenvalue weighted by atomic mass is 16.6. The van der Waals surface area contributed by atoms with Gasteiger partial charge in [0.2, 0.25) is 0 Å². The quantitative estimate of drug-likeness (QED) is 0.289. The minimum absolute atomic E-state index is 0.281.